The molecule has 1 saturated heterocycles. The molecule has 1 fully saturated rings. The van der Waals surface area contributed by atoms with Crippen molar-refractivity contribution in [2.45, 2.75) is 18.3 Å². The predicted octanol–water partition coefficient (Wildman–Crippen LogP) is 0.708. The summed E-state index contributed by atoms with van der Waals surface area (Å²) in [5.41, 5.74) is 6.53. The van der Waals surface area contributed by atoms with Gasteiger partial charge in [-0.15, -0.1) is 11.8 Å². The van der Waals surface area contributed by atoms with Crippen LogP contribution in [0.25, 0.3) is 6.08 Å². The number of anilines is 1. The number of allylic oxidation sites excluding steroid dienone is 1. The molecule has 0 spiro atoms. The van der Waals surface area contributed by atoms with E-state index in [1.165, 1.54) is 16.7 Å². The highest BCUT2D eigenvalue weighted by Gasteiger charge is 2.54. The number of pyridine rings is 1. The lowest BCUT2D eigenvalue weighted by molar-refractivity contribution is -0.150. The largest absolute Gasteiger partial charge is 0.477 e. The minimum Gasteiger partial charge on any atom is -0.477 e. The second-order valence-corrected chi connectivity index (χ2v) is 8.86. The number of aromatic nitrogens is 3. The van der Waals surface area contributed by atoms with E-state index in [4.69, 9.17) is 10.6 Å². The number of carboxylic acid groups (broad SMARTS) is 1. The Balaban J connectivity index is 1.53. The molecule has 2 atom stereocenters. The van der Waals surface area contributed by atoms with Gasteiger partial charge in [-0.1, -0.05) is 23.4 Å². The number of rotatable bonds is 8. The van der Waals surface area contributed by atoms with Crippen LogP contribution in [-0.4, -0.2) is 71.6 Å². The number of nitrogen functional groups attached to an aromatic ring is 1. The highest BCUT2D eigenvalue weighted by atomic mass is 32.2. The molecule has 0 aromatic carbocycles. The Labute approximate surface area is 201 Å². The van der Waals surface area contributed by atoms with Gasteiger partial charge in [0.15, 0.2) is 5.13 Å². The van der Waals surface area contributed by atoms with Gasteiger partial charge in [0.1, 0.15) is 23.7 Å². The van der Waals surface area contributed by atoms with Crippen LogP contribution in [-0.2, 0) is 19.2 Å². The summed E-state index contributed by atoms with van der Waals surface area (Å²) in [6.07, 6.45) is 6.67. The zero-order valence-corrected chi connectivity index (χ0v) is 19.4. The molecule has 0 aliphatic carbocycles. The highest BCUT2D eigenvalue weighted by molar-refractivity contribution is 8.00. The molecule has 4 N–H and O–H groups in total. The zero-order chi connectivity index (χ0) is 24.2. The average molecular weight is 502 g/mol. The molecular formula is C20H19N7O5S2. The number of nitrogens with two attached hydrogens (primary N) is 1. The first-order chi connectivity index (χ1) is 16.4. The number of aliphatic carboxylic acids is 1. The Kier molecular flexibility index (Phi) is 6.88. The van der Waals surface area contributed by atoms with Crippen LogP contribution in [0.15, 0.2) is 47.0 Å². The molecule has 14 heteroatoms. The second kappa shape index (κ2) is 10.0. The van der Waals surface area contributed by atoms with Crippen LogP contribution >= 0.6 is 23.3 Å². The number of β-lactam (4-membered cyclic amide) rings is 1. The maximum atomic E-state index is 12.9. The number of amides is 2. The lowest BCUT2D eigenvalue weighted by Gasteiger charge is -2.49. The van der Waals surface area contributed by atoms with Crippen LogP contribution in [0, 0.1) is 0 Å². The maximum absolute atomic E-state index is 12.9. The fourth-order valence-corrected chi connectivity index (χ4v) is 5.05. The summed E-state index contributed by atoms with van der Waals surface area (Å²) in [4.78, 5) is 51.9. The minimum absolute atomic E-state index is 0.0256. The van der Waals surface area contributed by atoms with Gasteiger partial charge in [-0.05, 0) is 24.1 Å². The molecule has 4 heterocycles. The molecule has 0 radical (unpaired) electrons. The summed E-state index contributed by atoms with van der Waals surface area (Å²) < 4.78 is 3.97. The van der Waals surface area contributed by atoms with E-state index in [-0.39, 0.29) is 29.0 Å². The summed E-state index contributed by atoms with van der Waals surface area (Å²) in [6.45, 7) is 1.89. The normalized spacial score (nSPS) is 20.2. The molecule has 176 valence electrons. The van der Waals surface area contributed by atoms with Crippen molar-refractivity contribution in [2.75, 3.05) is 18.1 Å². The van der Waals surface area contributed by atoms with Crippen molar-refractivity contribution >= 4 is 58.0 Å². The van der Waals surface area contributed by atoms with E-state index in [0.29, 0.717) is 11.3 Å². The number of carbonyl (C=O) groups is 3. The van der Waals surface area contributed by atoms with Crippen molar-refractivity contribution in [2.24, 2.45) is 5.16 Å². The lowest BCUT2D eigenvalue weighted by Crippen LogP contribution is -2.71. The van der Waals surface area contributed by atoms with Gasteiger partial charge < -0.3 is 21.0 Å². The Morgan fingerprint density at radius 2 is 2.26 bits per heavy atom. The van der Waals surface area contributed by atoms with Crippen LogP contribution in [0.2, 0.25) is 0 Å². The Bertz CT molecular complexity index is 1210. The molecule has 2 aliphatic heterocycles. The van der Waals surface area contributed by atoms with Gasteiger partial charge in [-0.2, -0.15) is 9.36 Å². The van der Waals surface area contributed by atoms with Crippen molar-refractivity contribution in [3.05, 3.63) is 53.3 Å². The molecular weight excluding hydrogens is 482 g/mol. The maximum Gasteiger partial charge on any atom is 0.352 e. The van der Waals surface area contributed by atoms with Crippen molar-refractivity contribution in [1.29, 1.82) is 0 Å². The number of nitrogens with one attached hydrogen (secondary N) is 1. The zero-order valence-electron chi connectivity index (χ0n) is 17.7. The van der Waals surface area contributed by atoms with Crippen LogP contribution in [0.5, 0.6) is 0 Å². The molecule has 0 saturated carbocycles. The Morgan fingerprint density at radius 3 is 2.91 bits per heavy atom. The highest BCUT2D eigenvalue weighted by Crippen LogP contribution is 2.40. The number of nitrogens with zero attached hydrogens (tertiary/aromatic N) is 5. The van der Waals surface area contributed by atoms with Gasteiger partial charge in [0, 0.05) is 29.7 Å². The van der Waals surface area contributed by atoms with E-state index in [2.05, 4.69) is 24.8 Å². The van der Waals surface area contributed by atoms with Gasteiger partial charge in [0.05, 0.1) is 0 Å². The van der Waals surface area contributed by atoms with Crippen molar-refractivity contribution in [3.8, 4) is 0 Å². The van der Waals surface area contributed by atoms with Crippen molar-refractivity contribution in [1.82, 2.24) is 24.6 Å². The summed E-state index contributed by atoms with van der Waals surface area (Å²) in [7, 11) is 0. The molecule has 2 amide bonds. The number of carboxylic acids is 1. The number of thioether (sulfide) groups is 1. The first kappa shape index (κ1) is 23.4. The Hall–Kier alpha value is -3.78. The number of carbonyl (C=O) groups excluding carboxylic acids is 2. The third-order valence-corrected chi connectivity index (χ3v) is 6.65. The van der Waals surface area contributed by atoms with Gasteiger partial charge in [0.25, 0.3) is 11.8 Å². The fraction of sp³-hybridized carbons (Fsp3) is 0.250. The van der Waals surface area contributed by atoms with E-state index in [0.717, 1.165) is 17.1 Å². The second-order valence-electron chi connectivity index (χ2n) is 6.97. The third-order valence-electron chi connectivity index (χ3n) is 4.80. The monoisotopic (exact) mass is 501 g/mol. The van der Waals surface area contributed by atoms with E-state index in [1.54, 1.807) is 37.5 Å². The number of oxime groups is 1. The van der Waals surface area contributed by atoms with Crippen LogP contribution in [0.1, 0.15) is 18.3 Å². The fourth-order valence-electron chi connectivity index (χ4n) is 3.30. The molecule has 4 rings (SSSR count). The molecule has 34 heavy (non-hydrogen) atoms. The van der Waals surface area contributed by atoms with E-state index in [9.17, 15) is 19.5 Å². The van der Waals surface area contributed by atoms with Gasteiger partial charge >= 0.3 is 5.97 Å². The van der Waals surface area contributed by atoms with Crippen LogP contribution in [0.3, 0.4) is 0 Å². The van der Waals surface area contributed by atoms with E-state index >= 15 is 0 Å². The quantitative estimate of drug-likeness (QED) is 0.265. The van der Waals surface area contributed by atoms with Crippen LogP contribution < -0.4 is 11.1 Å². The summed E-state index contributed by atoms with van der Waals surface area (Å²) in [5.74, 6) is -2.19. The lowest BCUT2D eigenvalue weighted by atomic mass is 10.0. The number of hydrogen-bond acceptors (Lipinski definition) is 11. The van der Waals surface area contributed by atoms with Gasteiger partial charge in [-0.25, -0.2) is 4.79 Å². The molecule has 2 aromatic heterocycles. The molecule has 2 aliphatic rings. The van der Waals surface area contributed by atoms with Crippen molar-refractivity contribution in [3.63, 3.8) is 0 Å². The summed E-state index contributed by atoms with van der Waals surface area (Å²) >= 11 is 2.23. The van der Waals surface area contributed by atoms with Gasteiger partial charge in [0.2, 0.25) is 11.5 Å². The number of fused-ring (bicyclic) bond motifs is 1. The SMILES string of the molecule is CCO/N=C(/C(=O)NC1C(=O)N2C(C(=O)O)=C(/C=C/c3cccnc3)CS[C@H]12)c1nsc(N)n1. The molecule has 2 aromatic rings. The first-order valence-corrected chi connectivity index (χ1v) is 11.8. The molecule has 0 bridgehead atoms. The smallest absolute Gasteiger partial charge is 0.352 e. The first-order valence-electron chi connectivity index (χ1n) is 10.00. The van der Waals surface area contributed by atoms with E-state index < -0.39 is 29.2 Å². The third kappa shape index (κ3) is 4.63. The molecule has 1 unspecified atom stereocenters. The summed E-state index contributed by atoms with van der Waals surface area (Å²) in [5, 5.41) is 15.7. The summed E-state index contributed by atoms with van der Waals surface area (Å²) in [6, 6.07) is 2.65. The Morgan fingerprint density at radius 1 is 1.44 bits per heavy atom. The topological polar surface area (TPSA) is 173 Å². The predicted molar refractivity (Wildman–Crippen MR) is 125 cm³/mol. The van der Waals surface area contributed by atoms with Gasteiger partial charge in [-0.3, -0.25) is 19.5 Å². The number of hydrogen-bond donors (Lipinski definition) is 3. The molecule has 12 nitrogen and oxygen atoms in total. The van der Waals surface area contributed by atoms with Crippen molar-refractivity contribution < 1.29 is 24.3 Å². The minimum atomic E-state index is -1.23. The standard InChI is InChI=1S/C20H19N7O5S2/c1-2-32-25-12(15-24-20(21)34-26-15)16(28)23-13-17(29)27-14(19(30)31)11(9-33-18(13)27)6-5-10-4-3-7-22-8-10/h3-8,13,18H,2,9H2,1H3,(H,23,28)(H,30,31)(H2,21,24,26)/b6-5+,25-12+/t13?,18-/m1/s1. The van der Waals surface area contributed by atoms with Crippen LogP contribution in [0.4, 0.5) is 5.13 Å². The average Bonchev–Trinajstić information content (AvgIpc) is 3.27. The van der Waals surface area contributed by atoms with E-state index in [1.807, 2.05) is 6.07 Å².